The van der Waals surface area contributed by atoms with Crippen LogP contribution in [0.5, 0.6) is 5.75 Å². The van der Waals surface area contributed by atoms with Crippen molar-refractivity contribution in [2.45, 2.75) is 26.3 Å². The van der Waals surface area contributed by atoms with Crippen LogP contribution in [0.3, 0.4) is 0 Å². The van der Waals surface area contributed by atoms with Gasteiger partial charge in [-0.15, -0.1) is 0 Å². The monoisotopic (exact) mass is 282 g/mol. The number of benzene rings is 1. The lowest BCUT2D eigenvalue weighted by Gasteiger charge is -2.24. The summed E-state index contributed by atoms with van der Waals surface area (Å²) < 4.78 is 5.40. The Labute approximate surface area is 116 Å². The van der Waals surface area contributed by atoms with Crippen molar-refractivity contribution in [3.05, 3.63) is 28.3 Å². The molecule has 20 heavy (non-hydrogen) atoms. The van der Waals surface area contributed by atoms with Crippen molar-refractivity contribution in [3.63, 3.8) is 0 Å². The second-order valence-electron chi connectivity index (χ2n) is 4.42. The number of hydrogen-bond donors (Lipinski definition) is 1. The van der Waals surface area contributed by atoms with E-state index in [9.17, 15) is 14.9 Å². The largest absolute Gasteiger partial charge is 0.493 e. The Bertz CT molecular complexity index is 504. The molecule has 1 atom stereocenters. The molecular weight excluding hydrogens is 264 g/mol. The molecule has 1 rings (SSSR count). The highest BCUT2D eigenvalue weighted by atomic mass is 16.6. The standard InChI is InChI=1S/C13H18N2O5/c1-4-5-20-12-7-10(6-11(8-12)15(18)19)14(3)9(2)13(16)17/h6-9H,4-5H2,1-3H3,(H,16,17). The predicted octanol–water partition coefficient (Wildman–Crippen LogP) is 2.29. The van der Waals surface area contributed by atoms with Gasteiger partial charge in [-0.2, -0.15) is 0 Å². The summed E-state index contributed by atoms with van der Waals surface area (Å²) in [7, 11) is 1.57. The van der Waals surface area contributed by atoms with E-state index in [0.29, 0.717) is 18.0 Å². The summed E-state index contributed by atoms with van der Waals surface area (Å²) in [5, 5.41) is 19.9. The van der Waals surface area contributed by atoms with Gasteiger partial charge in [-0.05, 0) is 13.3 Å². The van der Waals surface area contributed by atoms with E-state index in [1.807, 2.05) is 6.92 Å². The van der Waals surface area contributed by atoms with Crippen molar-refractivity contribution < 1.29 is 19.6 Å². The molecule has 0 aliphatic heterocycles. The van der Waals surface area contributed by atoms with Gasteiger partial charge < -0.3 is 14.7 Å². The Hall–Kier alpha value is -2.31. The third kappa shape index (κ3) is 3.84. The first-order chi connectivity index (χ1) is 9.36. The molecule has 1 aromatic rings. The van der Waals surface area contributed by atoms with E-state index in [-0.39, 0.29) is 5.69 Å². The topological polar surface area (TPSA) is 92.9 Å². The molecule has 1 aromatic carbocycles. The normalized spacial score (nSPS) is 11.8. The van der Waals surface area contributed by atoms with Crippen molar-refractivity contribution in [3.8, 4) is 5.75 Å². The number of non-ortho nitro benzene ring substituents is 1. The SMILES string of the molecule is CCCOc1cc(N(C)C(C)C(=O)O)cc([N+](=O)[O-])c1. The third-order valence-corrected chi connectivity index (χ3v) is 2.91. The number of carboxylic acids is 1. The minimum atomic E-state index is -1.00. The molecule has 1 N–H and O–H groups in total. The average molecular weight is 282 g/mol. The summed E-state index contributed by atoms with van der Waals surface area (Å²) in [6.07, 6.45) is 0.777. The highest BCUT2D eigenvalue weighted by Gasteiger charge is 2.20. The van der Waals surface area contributed by atoms with Crippen molar-refractivity contribution in [2.24, 2.45) is 0 Å². The van der Waals surface area contributed by atoms with Crippen molar-refractivity contribution in [1.29, 1.82) is 0 Å². The Morgan fingerprint density at radius 2 is 2.15 bits per heavy atom. The smallest absolute Gasteiger partial charge is 0.326 e. The Kier molecular flexibility index (Phi) is 5.31. The summed E-state index contributed by atoms with van der Waals surface area (Å²) in [5.41, 5.74) is 0.304. The molecule has 0 spiro atoms. The zero-order valence-corrected chi connectivity index (χ0v) is 11.7. The molecule has 7 nitrogen and oxygen atoms in total. The van der Waals surface area contributed by atoms with Gasteiger partial charge in [0.15, 0.2) is 0 Å². The number of nitro groups is 1. The molecule has 7 heteroatoms. The van der Waals surface area contributed by atoms with Gasteiger partial charge in [0.25, 0.3) is 5.69 Å². The van der Waals surface area contributed by atoms with Gasteiger partial charge in [-0.3, -0.25) is 10.1 Å². The van der Waals surface area contributed by atoms with Crippen LogP contribution in [0.2, 0.25) is 0 Å². The van der Waals surface area contributed by atoms with Crippen LogP contribution in [0.4, 0.5) is 11.4 Å². The van der Waals surface area contributed by atoms with E-state index in [1.165, 1.54) is 24.0 Å². The first-order valence-corrected chi connectivity index (χ1v) is 6.24. The van der Waals surface area contributed by atoms with Gasteiger partial charge in [0.1, 0.15) is 11.8 Å². The number of nitrogens with zero attached hydrogens (tertiary/aromatic N) is 2. The van der Waals surface area contributed by atoms with Crippen LogP contribution in [0.25, 0.3) is 0 Å². The zero-order chi connectivity index (χ0) is 15.3. The van der Waals surface area contributed by atoms with Crippen LogP contribution in [-0.4, -0.2) is 35.7 Å². The molecule has 0 saturated carbocycles. The van der Waals surface area contributed by atoms with E-state index < -0.39 is 16.9 Å². The van der Waals surface area contributed by atoms with Crippen LogP contribution in [0, 0.1) is 10.1 Å². The van der Waals surface area contributed by atoms with Crippen LogP contribution in [0.1, 0.15) is 20.3 Å². The highest BCUT2D eigenvalue weighted by molar-refractivity contribution is 5.78. The summed E-state index contributed by atoms with van der Waals surface area (Å²) >= 11 is 0. The van der Waals surface area contributed by atoms with Crippen LogP contribution < -0.4 is 9.64 Å². The number of aliphatic carboxylic acids is 1. The second kappa shape index (κ2) is 6.74. The lowest BCUT2D eigenvalue weighted by molar-refractivity contribution is -0.384. The Balaban J connectivity index is 3.14. The predicted molar refractivity (Wildman–Crippen MR) is 74.4 cm³/mol. The molecule has 0 aliphatic rings. The number of likely N-dealkylation sites (N-methyl/N-ethyl adjacent to an activating group) is 1. The molecule has 0 aliphatic carbocycles. The molecule has 1 unspecified atom stereocenters. The number of carbonyl (C=O) groups is 1. The lowest BCUT2D eigenvalue weighted by Crippen LogP contribution is -2.35. The summed E-state index contributed by atoms with van der Waals surface area (Å²) in [6.45, 7) is 3.88. The highest BCUT2D eigenvalue weighted by Crippen LogP contribution is 2.29. The molecule has 0 bridgehead atoms. The van der Waals surface area contributed by atoms with Gasteiger partial charge in [0.2, 0.25) is 0 Å². The van der Waals surface area contributed by atoms with E-state index in [1.54, 1.807) is 13.1 Å². The maximum atomic E-state index is 11.0. The molecule has 0 radical (unpaired) electrons. The van der Waals surface area contributed by atoms with Crippen molar-refractivity contribution in [2.75, 3.05) is 18.6 Å². The number of ether oxygens (including phenoxy) is 1. The Morgan fingerprint density at radius 3 is 2.65 bits per heavy atom. The second-order valence-corrected chi connectivity index (χ2v) is 4.42. The zero-order valence-electron chi connectivity index (χ0n) is 11.7. The number of rotatable bonds is 7. The average Bonchev–Trinajstić information content (AvgIpc) is 2.42. The summed E-state index contributed by atoms with van der Waals surface area (Å²) in [6, 6.07) is 3.47. The third-order valence-electron chi connectivity index (χ3n) is 2.91. The molecule has 0 saturated heterocycles. The van der Waals surface area contributed by atoms with E-state index >= 15 is 0 Å². The quantitative estimate of drug-likeness (QED) is 0.609. The summed E-state index contributed by atoms with van der Waals surface area (Å²) in [4.78, 5) is 22.8. The number of anilines is 1. The number of hydrogen-bond acceptors (Lipinski definition) is 5. The number of carboxylic acid groups (broad SMARTS) is 1. The fourth-order valence-corrected chi connectivity index (χ4v) is 1.57. The number of nitro benzene ring substituents is 1. The van der Waals surface area contributed by atoms with Crippen LogP contribution in [0.15, 0.2) is 18.2 Å². The van der Waals surface area contributed by atoms with E-state index in [4.69, 9.17) is 9.84 Å². The van der Waals surface area contributed by atoms with E-state index in [0.717, 1.165) is 6.42 Å². The van der Waals surface area contributed by atoms with Gasteiger partial charge in [-0.1, -0.05) is 6.92 Å². The maximum Gasteiger partial charge on any atom is 0.326 e. The fourth-order valence-electron chi connectivity index (χ4n) is 1.57. The molecular formula is C13H18N2O5. The first-order valence-electron chi connectivity index (χ1n) is 6.24. The van der Waals surface area contributed by atoms with Gasteiger partial charge in [0.05, 0.1) is 17.6 Å². The minimum absolute atomic E-state index is 0.127. The minimum Gasteiger partial charge on any atom is -0.493 e. The van der Waals surface area contributed by atoms with Gasteiger partial charge >= 0.3 is 5.97 Å². The molecule has 0 aromatic heterocycles. The fraction of sp³-hybridized carbons (Fsp3) is 0.462. The molecule has 0 fully saturated rings. The van der Waals surface area contributed by atoms with Crippen LogP contribution in [-0.2, 0) is 4.79 Å². The van der Waals surface area contributed by atoms with Crippen molar-refractivity contribution in [1.82, 2.24) is 0 Å². The molecule has 0 heterocycles. The Morgan fingerprint density at radius 1 is 1.50 bits per heavy atom. The summed E-state index contributed by atoms with van der Waals surface area (Å²) in [5.74, 6) is -0.643. The maximum absolute atomic E-state index is 11.0. The molecule has 110 valence electrons. The lowest BCUT2D eigenvalue weighted by atomic mass is 10.2. The van der Waals surface area contributed by atoms with E-state index in [2.05, 4.69) is 0 Å². The van der Waals surface area contributed by atoms with Gasteiger partial charge in [-0.25, -0.2) is 4.79 Å². The van der Waals surface area contributed by atoms with Crippen molar-refractivity contribution >= 4 is 17.3 Å². The van der Waals surface area contributed by atoms with Crippen LogP contribution >= 0.6 is 0 Å². The first kappa shape index (κ1) is 15.7. The molecule has 0 amide bonds. The van der Waals surface area contributed by atoms with Gasteiger partial charge in [0, 0.05) is 24.9 Å².